The maximum atomic E-state index is 12.1. The molecular weight excluding hydrogens is 260 g/mol. The van der Waals surface area contributed by atoms with E-state index < -0.39 is 0 Å². The standard InChI is InChI=1S/C14H20N2O2S/c1-4-16(5-2)14(19)15-13(17)11-8-7-9-12(10-11)18-6-3/h7-10H,4-6H2,1-3H3,(H,15,17,19). The van der Waals surface area contributed by atoms with Gasteiger partial charge in [-0.3, -0.25) is 10.1 Å². The summed E-state index contributed by atoms with van der Waals surface area (Å²) in [4.78, 5) is 14.0. The van der Waals surface area contributed by atoms with E-state index in [1.165, 1.54) is 0 Å². The van der Waals surface area contributed by atoms with Crippen LogP contribution in [-0.2, 0) is 0 Å². The molecule has 19 heavy (non-hydrogen) atoms. The van der Waals surface area contributed by atoms with Crippen molar-refractivity contribution in [1.29, 1.82) is 0 Å². The fourth-order valence-corrected chi connectivity index (χ4v) is 2.00. The number of nitrogens with zero attached hydrogens (tertiary/aromatic N) is 1. The normalized spacial score (nSPS) is 9.84. The van der Waals surface area contributed by atoms with Gasteiger partial charge in [0.2, 0.25) is 0 Å². The van der Waals surface area contributed by atoms with Gasteiger partial charge in [0.05, 0.1) is 6.61 Å². The molecule has 104 valence electrons. The van der Waals surface area contributed by atoms with Crippen molar-refractivity contribution in [2.75, 3.05) is 19.7 Å². The second kappa shape index (κ2) is 7.74. The molecule has 0 fully saturated rings. The third kappa shape index (κ3) is 4.52. The van der Waals surface area contributed by atoms with Crippen molar-refractivity contribution in [3.63, 3.8) is 0 Å². The lowest BCUT2D eigenvalue weighted by Gasteiger charge is -2.21. The Morgan fingerprint density at radius 1 is 1.32 bits per heavy atom. The first-order valence-corrected chi connectivity index (χ1v) is 6.86. The Labute approximate surface area is 119 Å². The summed E-state index contributed by atoms with van der Waals surface area (Å²) in [6, 6.07) is 7.07. The molecule has 0 bridgehead atoms. The lowest BCUT2D eigenvalue weighted by atomic mass is 10.2. The first-order valence-electron chi connectivity index (χ1n) is 6.45. The van der Waals surface area contributed by atoms with Crippen molar-refractivity contribution in [1.82, 2.24) is 10.2 Å². The second-order valence-corrected chi connectivity index (χ2v) is 4.28. The van der Waals surface area contributed by atoms with E-state index in [0.29, 0.717) is 23.0 Å². The van der Waals surface area contributed by atoms with Gasteiger partial charge in [-0.2, -0.15) is 0 Å². The van der Waals surface area contributed by atoms with Gasteiger partial charge in [-0.25, -0.2) is 0 Å². The number of nitrogens with one attached hydrogen (secondary N) is 1. The fourth-order valence-electron chi connectivity index (χ4n) is 1.65. The van der Waals surface area contributed by atoms with Crippen molar-refractivity contribution in [2.24, 2.45) is 0 Å². The number of carbonyl (C=O) groups is 1. The SMILES string of the molecule is CCOc1cccc(C(=O)NC(=S)N(CC)CC)c1. The second-order valence-electron chi connectivity index (χ2n) is 3.89. The molecule has 0 aliphatic carbocycles. The number of amides is 1. The molecule has 1 aromatic carbocycles. The number of benzene rings is 1. The molecular formula is C14H20N2O2S. The Morgan fingerprint density at radius 3 is 2.58 bits per heavy atom. The number of hydrogen-bond donors (Lipinski definition) is 1. The molecule has 1 rings (SSSR count). The van der Waals surface area contributed by atoms with E-state index >= 15 is 0 Å². The van der Waals surface area contributed by atoms with Crippen LogP contribution in [0.5, 0.6) is 5.75 Å². The predicted octanol–water partition coefficient (Wildman–Crippen LogP) is 2.44. The van der Waals surface area contributed by atoms with Crippen LogP contribution in [0.3, 0.4) is 0 Å². The number of rotatable bonds is 5. The highest BCUT2D eigenvalue weighted by atomic mass is 32.1. The Balaban J connectivity index is 2.72. The predicted molar refractivity (Wildman–Crippen MR) is 80.6 cm³/mol. The molecule has 5 heteroatoms. The number of ether oxygens (including phenoxy) is 1. The van der Waals surface area contributed by atoms with Crippen LogP contribution < -0.4 is 10.1 Å². The van der Waals surface area contributed by atoms with Crippen molar-refractivity contribution >= 4 is 23.2 Å². The van der Waals surface area contributed by atoms with E-state index in [1.54, 1.807) is 18.2 Å². The minimum absolute atomic E-state index is 0.210. The molecule has 0 unspecified atom stereocenters. The van der Waals surface area contributed by atoms with Gasteiger partial charge in [0.15, 0.2) is 5.11 Å². The Morgan fingerprint density at radius 2 is 2.00 bits per heavy atom. The summed E-state index contributed by atoms with van der Waals surface area (Å²) >= 11 is 5.20. The summed E-state index contributed by atoms with van der Waals surface area (Å²) in [5, 5.41) is 3.19. The molecule has 0 heterocycles. The van der Waals surface area contributed by atoms with Crippen LogP contribution in [0.2, 0.25) is 0 Å². The molecule has 0 aliphatic heterocycles. The molecule has 0 aromatic heterocycles. The highest BCUT2D eigenvalue weighted by molar-refractivity contribution is 7.80. The molecule has 1 amide bonds. The van der Waals surface area contributed by atoms with Gasteiger partial charge in [0.25, 0.3) is 5.91 Å². The molecule has 0 saturated carbocycles. The van der Waals surface area contributed by atoms with Crippen molar-refractivity contribution in [3.8, 4) is 5.75 Å². The maximum absolute atomic E-state index is 12.1. The van der Waals surface area contributed by atoms with E-state index in [9.17, 15) is 4.79 Å². The van der Waals surface area contributed by atoms with Gasteiger partial charge < -0.3 is 9.64 Å². The summed E-state index contributed by atoms with van der Waals surface area (Å²) in [6.07, 6.45) is 0. The van der Waals surface area contributed by atoms with Gasteiger partial charge in [-0.15, -0.1) is 0 Å². The largest absolute Gasteiger partial charge is 0.494 e. The molecule has 0 radical (unpaired) electrons. The third-order valence-electron chi connectivity index (χ3n) is 2.68. The molecule has 0 saturated heterocycles. The fraction of sp³-hybridized carbons (Fsp3) is 0.429. The Kier molecular flexibility index (Phi) is 6.29. The lowest BCUT2D eigenvalue weighted by Crippen LogP contribution is -2.42. The van der Waals surface area contributed by atoms with Gasteiger partial charge in [-0.05, 0) is 51.2 Å². The minimum atomic E-state index is -0.210. The monoisotopic (exact) mass is 280 g/mol. The maximum Gasteiger partial charge on any atom is 0.257 e. The summed E-state index contributed by atoms with van der Waals surface area (Å²) < 4.78 is 5.37. The molecule has 4 nitrogen and oxygen atoms in total. The van der Waals surface area contributed by atoms with Crippen molar-refractivity contribution in [2.45, 2.75) is 20.8 Å². The van der Waals surface area contributed by atoms with Crippen LogP contribution in [-0.4, -0.2) is 35.6 Å². The highest BCUT2D eigenvalue weighted by Crippen LogP contribution is 2.13. The number of hydrogen-bond acceptors (Lipinski definition) is 3. The van der Waals surface area contributed by atoms with Crippen LogP contribution in [0.1, 0.15) is 31.1 Å². The van der Waals surface area contributed by atoms with E-state index in [0.717, 1.165) is 13.1 Å². The van der Waals surface area contributed by atoms with Crippen LogP contribution in [0.15, 0.2) is 24.3 Å². The zero-order chi connectivity index (χ0) is 14.3. The van der Waals surface area contributed by atoms with Crippen molar-refractivity contribution < 1.29 is 9.53 Å². The quantitative estimate of drug-likeness (QED) is 0.841. The number of thiocarbonyl (C=S) groups is 1. The zero-order valence-corrected chi connectivity index (χ0v) is 12.4. The average molecular weight is 280 g/mol. The van der Waals surface area contributed by atoms with E-state index in [1.807, 2.05) is 31.7 Å². The summed E-state index contributed by atoms with van der Waals surface area (Å²) in [5.74, 6) is 0.474. The summed E-state index contributed by atoms with van der Waals surface area (Å²) in [5.41, 5.74) is 0.542. The van der Waals surface area contributed by atoms with Gasteiger partial charge in [0, 0.05) is 18.7 Å². The van der Waals surface area contributed by atoms with E-state index in [2.05, 4.69) is 5.32 Å². The smallest absolute Gasteiger partial charge is 0.257 e. The van der Waals surface area contributed by atoms with E-state index in [-0.39, 0.29) is 5.91 Å². The van der Waals surface area contributed by atoms with Crippen LogP contribution in [0.25, 0.3) is 0 Å². The molecule has 1 N–H and O–H groups in total. The van der Waals surface area contributed by atoms with Crippen LogP contribution in [0, 0.1) is 0 Å². The van der Waals surface area contributed by atoms with Crippen LogP contribution in [0.4, 0.5) is 0 Å². The summed E-state index contributed by atoms with van der Waals surface area (Å²) in [7, 11) is 0. The summed E-state index contributed by atoms with van der Waals surface area (Å²) in [6.45, 7) is 8.02. The van der Waals surface area contributed by atoms with Crippen molar-refractivity contribution in [3.05, 3.63) is 29.8 Å². The molecule has 0 spiro atoms. The minimum Gasteiger partial charge on any atom is -0.494 e. The van der Waals surface area contributed by atoms with Crippen LogP contribution >= 0.6 is 12.2 Å². The highest BCUT2D eigenvalue weighted by Gasteiger charge is 2.11. The first-order chi connectivity index (χ1) is 9.12. The average Bonchev–Trinajstić information content (AvgIpc) is 2.40. The van der Waals surface area contributed by atoms with Gasteiger partial charge >= 0.3 is 0 Å². The van der Waals surface area contributed by atoms with Gasteiger partial charge in [0.1, 0.15) is 5.75 Å². The Hall–Kier alpha value is -1.62. The molecule has 0 aliphatic rings. The Bertz CT molecular complexity index is 445. The number of carbonyl (C=O) groups excluding carboxylic acids is 1. The topological polar surface area (TPSA) is 41.6 Å². The zero-order valence-electron chi connectivity index (χ0n) is 11.6. The molecule has 0 atom stereocenters. The van der Waals surface area contributed by atoms with Gasteiger partial charge in [-0.1, -0.05) is 6.07 Å². The lowest BCUT2D eigenvalue weighted by molar-refractivity contribution is 0.0973. The first kappa shape index (κ1) is 15.4. The third-order valence-corrected chi connectivity index (χ3v) is 3.04. The van der Waals surface area contributed by atoms with E-state index in [4.69, 9.17) is 17.0 Å². The molecule has 1 aromatic rings.